The van der Waals surface area contributed by atoms with Gasteiger partial charge < -0.3 is 15.4 Å². The third-order valence-corrected chi connectivity index (χ3v) is 4.55. The van der Waals surface area contributed by atoms with Gasteiger partial charge in [-0.1, -0.05) is 44.6 Å². The highest BCUT2D eigenvalue weighted by molar-refractivity contribution is 7.91. The summed E-state index contributed by atoms with van der Waals surface area (Å²) in [5, 5.41) is 10.5. The first kappa shape index (κ1) is 18.1. The van der Waals surface area contributed by atoms with E-state index in [0.717, 1.165) is 23.3 Å². The normalized spacial score (nSPS) is 12.6. The molecule has 3 N–H and O–H groups in total. The Kier molecular flexibility index (Phi) is 7.84. The molecule has 0 saturated carbocycles. The predicted molar refractivity (Wildman–Crippen MR) is 88.4 cm³/mol. The lowest BCUT2D eigenvalue weighted by Crippen LogP contribution is -2.25. The van der Waals surface area contributed by atoms with Crippen LogP contribution in [-0.4, -0.2) is 27.6 Å². The molecule has 21 heavy (non-hydrogen) atoms. The van der Waals surface area contributed by atoms with Crippen molar-refractivity contribution < 1.29 is 9.66 Å². The number of hydrogen-bond donors (Lipinski definition) is 2. The van der Waals surface area contributed by atoms with Crippen molar-refractivity contribution in [1.82, 2.24) is 0 Å². The third kappa shape index (κ3) is 6.11. The van der Waals surface area contributed by atoms with Gasteiger partial charge in [0.2, 0.25) is 0 Å². The van der Waals surface area contributed by atoms with Crippen molar-refractivity contribution in [2.75, 3.05) is 12.3 Å². The van der Waals surface area contributed by atoms with Crippen LogP contribution in [0.25, 0.3) is 0 Å². The largest absolute Gasteiger partial charge is 0.611 e. The predicted octanol–water partition coefficient (Wildman–Crippen LogP) is 2.44. The number of hydrogen-bond acceptors (Lipinski definition) is 3. The second-order valence-corrected chi connectivity index (χ2v) is 6.72. The molecule has 1 atom stereocenters. The van der Waals surface area contributed by atoms with Crippen molar-refractivity contribution >= 4 is 11.2 Å². The van der Waals surface area contributed by atoms with Gasteiger partial charge in [-0.3, -0.25) is 0 Å². The van der Waals surface area contributed by atoms with Crippen LogP contribution in [0.2, 0.25) is 0 Å². The van der Waals surface area contributed by atoms with E-state index in [1.165, 1.54) is 0 Å². The summed E-state index contributed by atoms with van der Waals surface area (Å²) in [6.07, 6.45) is 3.14. The second-order valence-electron chi connectivity index (χ2n) is 5.15. The van der Waals surface area contributed by atoms with Crippen LogP contribution in [-0.2, 0) is 11.2 Å². The fourth-order valence-corrected chi connectivity index (χ4v) is 3.14. The zero-order valence-electron chi connectivity index (χ0n) is 12.9. The highest BCUT2D eigenvalue weighted by Gasteiger charge is 2.21. The Balaban J connectivity index is 2.92. The minimum atomic E-state index is -1.08. The smallest absolute Gasteiger partial charge is 0.153 e. The van der Waals surface area contributed by atoms with E-state index in [9.17, 15) is 9.66 Å². The van der Waals surface area contributed by atoms with Gasteiger partial charge in [0.25, 0.3) is 0 Å². The first-order valence-electron chi connectivity index (χ1n) is 7.48. The molecule has 0 aliphatic carbocycles. The average molecular weight is 307 g/mol. The van der Waals surface area contributed by atoms with Crippen LogP contribution in [0.4, 0.5) is 0 Å². The Morgan fingerprint density at radius 2 is 1.95 bits per heavy atom. The summed E-state index contributed by atoms with van der Waals surface area (Å²) < 4.78 is 11.9. The maximum atomic E-state index is 11.9. The third-order valence-electron chi connectivity index (χ3n) is 3.17. The molecule has 0 saturated heterocycles. The highest BCUT2D eigenvalue weighted by Crippen LogP contribution is 2.19. The van der Waals surface area contributed by atoms with Crippen molar-refractivity contribution in [2.24, 2.45) is 5.73 Å². The van der Waals surface area contributed by atoms with Crippen LogP contribution in [0.5, 0.6) is 0 Å². The van der Waals surface area contributed by atoms with Crippen LogP contribution in [0.1, 0.15) is 45.1 Å². The molecule has 1 aromatic rings. The van der Waals surface area contributed by atoms with Crippen LogP contribution >= 0.6 is 0 Å². The Bertz CT molecular complexity index is 487. The lowest BCUT2D eigenvalue weighted by atomic mass is 9.93. The van der Waals surface area contributed by atoms with E-state index in [1.807, 2.05) is 38.1 Å². The molecule has 0 amide bonds. The summed E-state index contributed by atoms with van der Waals surface area (Å²) >= 11 is -1.08. The molecule has 0 aliphatic rings. The SMILES string of the molecule is CCCC(O)(C#Cc1cccc([S+]([O-])CCN)c1)CCC. The van der Waals surface area contributed by atoms with Gasteiger partial charge in [-0.15, -0.1) is 0 Å². The Morgan fingerprint density at radius 3 is 2.52 bits per heavy atom. The lowest BCUT2D eigenvalue weighted by Gasteiger charge is -2.20. The molecule has 1 rings (SSSR count). The summed E-state index contributed by atoms with van der Waals surface area (Å²) in [4.78, 5) is 0.738. The highest BCUT2D eigenvalue weighted by atomic mass is 32.2. The molecular formula is C17H25NO2S. The van der Waals surface area contributed by atoms with Gasteiger partial charge >= 0.3 is 0 Å². The molecule has 4 heteroatoms. The summed E-state index contributed by atoms with van der Waals surface area (Å²) in [5.41, 5.74) is 5.29. The molecule has 0 heterocycles. The van der Waals surface area contributed by atoms with Crippen LogP contribution in [0, 0.1) is 11.8 Å². The fourth-order valence-electron chi connectivity index (χ4n) is 2.21. The molecular weight excluding hydrogens is 282 g/mol. The van der Waals surface area contributed by atoms with Gasteiger partial charge in [-0.05, 0) is 36.2 Å². The molecule has 1 aromatic carbocycles. The van der Waals surface area contributed by atoms with Crippen LogP contribution in [0.15, 0.2) is 29.2 Å². The van der Waals surface area contributed by atoms with Crippen molar-refractivity contribution in [3.8, 4) is 11.8 Å². The van der Waals surface area contributed by atoms with Gasteiger partial charge in [0.1, 0.15) is 11.4 Å². The van der Waals surface area contributed by atoms with E-state index in [2.05, 4.69) is 11.8 Å². The number of nitrogens with two attached hydrogens (primary N) is 1. The lowest BCUT2D eigenvalue weighted by molar-refractivity contribution is 0.0807. The van der Waals surface area contributed by atoms with E-state index in [-0.39, 0.29) is 0 Å². The van der Waals surface area contributed by atoms with Crippen molar-refractivity contribution in [2.45, 2.75) is 50.0 Å². The quantitative estimate of drug-likeness (QED) is 0.600. The molecule has 0 aliphatic heterocycles. The minimum Gasteiger partial charge on any atom is -0.611 e. The summed E-state index contributed by atoms with van der Waals surface area (Å²) in [6.45, 7) is 4.48. The van der Waals surface area contributed by atoms with Gasteiger partial charge in [0.05, 0.1) is 0 Å². The van der Waals surface area contributed by atoms with E-state index in [0.29, 0.717) is 25.1 Å². The maximum absolute atomic E-state index is 11.9. The molecule has 0 radical (unpaired) electrons. The summed E-state index contributed by atoms with van der Waals surface area (Å²) in [5.74, 6) is 6.47. The van der Waals surface area contributed by atoms with E-state index in [1.54, 1.807) is 0 Å². The molecule has 1 unspecified atom stereocenters. The van der Waals surface area contributed by atoms with Gasteiger partial charge in [-0.25, -0.2) is 0 Å². The number of aliphatic hydroxyl groups is 1. The standard InChI is InChI=1S/C17H25NO2S/c1-3-9-17(19,10-4-2)11-8-15-6-5-7-16(14-15)21(20)13-12-18/h5-7,14,19H,3-4,9-10,12-13,18H2,1-2H3. The Morgan fingerprint density at radius 1 is 1.29 bits per heavy atom. The van der Waals surface area contributed by atoms with E-state index >= 15 is 0 Å². The molecule has 0 bridgehead atoms. The molecule has 0 aromatic heterocycles. The zero-order valence-corrected chi connectivity index (χ0v) is 13.7. The molecule has 116 valence electrons. The zero-order chi connectivity index (χ0) is 15.7. The van der Waals surface area contributed by atoms with E-state index in [4.69, 9.17) is 5.73 Å². The average Bonchev–Trinajstić information content (AvgIpc) is 2.46. The van der Waals surface area contributed by atoms with Crippen molar-refractivity contribution in [3.05, 3.63) is 29.8 Å². The Labute approximate surface area is 131 Å². The Hall–Kier alpha value is -0.990. The fraction of sp³-hybridized carbons (Fsp3) is 0.529. The van der Waals surface area contributed by atoms with Gasteiger partial charge in [-0.2, -0.15) is 0 Å². The monoisotopic (exact) mass is 307 g/mol. The molecule has 3 nitrogen and oxygen atoms in total. The number of rotatable bonds is 7. The maximum Gasteiger partial charge on any atom is 0.153 e. The first-order valence-corrected chi connectivity index (χ1v) is 8.80. The van der Waals surface area contributed by atoms with Crippen LogP contribution in [0.3, 0.4) is 0 Å². The van der Waals surface area contributed by atoms with Crippen LogP contribution < -0.4 is 5.73 Å². The number of benzene rings is 1. The second kappa shape index (κ2) is 9.11. The minimum absolute atomic E-state index is 0.398. The first-order chi connectivity index (χ1) is 10.0. The molecule has 0 fully saturated rings. The molecule has 0 spiro atoms. The van der Waals surface area contributed by atoms with Crippen molar-refractivity contribution in [3.63, 3.8) is 0 Å². The summed E-state index contributed by atoms with van der Waals surface area (Å²) in [7, 11) is 0. The summed E-state index contributed by atoms with van der Waals surface area (Å²) in [6, 6.07) is 7.35. The van der Waals surface area contributed by atoms with Gasteiger partial charge in [0, 0.05) is 18.2 Å². The van der Waals surface area contributed by atoms with Crippen molar-refractivity contribution in [1.29, 1.82) is 0 Å². The van der Waals surface area contributed by atoms with Gasteiger partial charge in [0.15, 0.2) is 4.90 Å². The topological polar surface area (TPSA) is 69.3 Å². The van der Waals surface area contributed by atoms with E-state index < -0.39 is 16.8 Å².